The number of piperidine rings is 1. The van der Waals surface area contributed by atoms with Crippen LogP contribution in [0.5, 0.6) is 0 Å². The van der Waals surface area contributed by atoms with Gasteiger partial charge in [0.05, 0.1) is 0 Å². The van der Waals surface area contributed by atoms with E-state index in [2.05, 4.69) is 24.1 Å². The Balaban J connectivity index is 1.53. The number of nitrogens with zero attached hydrogens (tertiary/aromatic N) is 2. The summed E-state index contributed by atoms with van der Waals surface area (Å²) in [5, 5.41) is 3.20. The summed E-state index contributed by atoms with van der Waals surface area (Å²) in [6.45, 7) is 6.62. The molecular formula is C26H34FN3O2. The summed E-state index contributed by atoms with van der Waals surface area (Å²) >= 11 is 0. The monoisotopic (exact) mass is 439 g/mol. The Kier molecular flexibility index (Phi) is 8.02. The number of anilines is 1. The molecule has 5 nitrogen and oxygen atoms in total. The summed E-state index contributed by atoms with van der Waals surface area (Å²) < 4.78 is 13.1. The molecule has 0 bridgehead atoms. The van der Waals surface area contributed by atoms with E-state index < -0.39 is 0 Å². The second-order valence-corrected chi connectivity index (χ2v) is 9.21. The minimum Gasteiger partial charge on any atom is -0.378 e. The molecule has 1 N–H and O–H groups in total. The van der Waals surface area contributed by atoms with Crippen molar-refractivity contribution >= 4 is 17.4 Å². The lowest BCUT2D eigenvalue weighted by Crippen LogP contribution is -2.49. The fraction of sp³-hybridized carbons (Fsp3) is 0.462. The highest BCUT2D eigenvalue weighted by Crippen LogP contribution is 2.23. The molecule has 0 saturated carbocycles. The first-order valence-electron chi connectivity index (χ1n) is 11.3. The van der Waals surface area contributed by atoms with Gasteiger partial charge in [-0.3, -0.25) is 9.59 Å². The number of hydrogen-bond donors (Lipinski definition) is 1. The molecule has 1 saturated heterocycles. The molecule has 0 radical (unpaired) electrons. The number of Topliss-reactive ketones (excluding diaryl/α,β-unsaturated/α-hetero) is 1. The average molecular weight is 440 g/mol. The van der Waals surface area contributed by atoms with Crippen molar-refractivity contribution in [1.29, 1.82) is 0 Å². The fourth-order valence-electron chi connectivity index (χ4n) is 4.09. The molecule has 3 rings (SSSR count). The van der Waals surface area contributed by atoms with Crippen LogP contribution in [-0.2, 0) is 0 Å². The molecule has 172 valence electrons. The van der Waals surface area contributed by atoms with Crippen molar-refractivity contribution in [3.05, 3.63) is 65.5 Å². The number of nitrogens with one attached hydrogen (secondary N) is 1. The number of likely N-dealkylation sites (tertiary alicyclic amines) is 1. The van der Waals surface area contributed by atoms with Gasteiger partial charge >= 0.3 is 0 Å². The molecule has 1 heterocycles. The molecule has 1 aliphatic rings. The molecule has 2 aromatic carbocycles. The van der Waals surface area contributed by atoms with Gasteiger partial charge in [-0.1, -0.05) is 13.8 Å². The van der Waals surface area contributed by atoms with Crippen LogP contribution in [0.3, 0.4) is 0 Å². The maximum absolute atomic E-state index is 13.1. The molecular weight excluding hydrogens is 405 g/mol. The molecule has 0 aromatic heterocycles. The van der Waals surface area contributed by atoms with E-state index in [1.807, 2.05) is 43.3 Å². The number of rotatable bonds is 8. The SMILES string of the molecule is CC(C)C(CN1CCC(C(=O)c2ccc(F)cc2)CC1)NC(=O)c1ccc(N(C)C)cc1. The van der Waals surface area contributed by atoms with E-state index in [0.29, 0.717) is 17.0 Å². The van der Waals surface area contributed by atoms with E-state index in [1.54, 1.807) is 12.1 Å². The van der Waals surface area contributed by atoms with Crippen LogP contribution in [0, 0.1) is 17.7 Å². The Bertz CT molecular complexity index is 902. The summed E-state index contributed by atoms with van der Waals surface area (Å²) in [5.74, 6) is -0.0284. The van der Waals surface area contributed by atoms with Crippen LogP contribution >= 0.6 is 0 Å². The van der Waals surface area contributed by atoms with Crippen LogP contribution in [-0.4, -0.2) is 56.4 Å². The third-order valence-corrected chi connectivity index (χ3v) is 6.31. The second-order valence-electron chi connectivity index (χ2n) is 9.21. The molecule has 1 fully saturated rings. The second kappa shape index (κ2) is 10.7. The Hall–Kier alpha value is -2.73. The highest BCUT2D eigenvalue weighted by atomic mass is 19.1. The van der Waals surface area contributed by atoms with Gasteiger partial charge in [-0.15, -0.1) is 0 Å². The van der Waals surface area contributed by atoms with E-state index in [0.717, 1.165) is 38.2 Å². The predicted molar refractivity (Wildman–Crippen MR) is 127 cm³/mol. The summed E-state index contributed by atoms with van der Waals surface area (Å²) in [5.41, 5.74) is 2.29. The highest BCUT2D eigenvalue weighted by Gasteiger charge is 2.28. The third kappa shape index (κ3) is 6.16. The van der Waals surface area contributed by atoms with E-state index in [9.17, 15) is 14.0 Å². The van der Waals surface area contributed by atoms with Crippen LogP contribution < -0.4 is 10.2 Å². The van der Waals surface area contributed by atoms with Crippen molar-refractivity contribution in [3.63, 3.8) is 0 Å². The minimum atomic E-state index is -0.327. The van der Waals surface area contributed by atoms with E-state index in [4.69, 9.17) is 0 Å². The molecule has 1 amide bonds. The van der Waals surface area contributed by atoms with Gasteiger partial charge in [-0.2, -0.15) is 0 Å². The van der Waals surface area contributed by atoms with Crippen molar-refractivity contribution in [3.8, 4) is 0 Å². The van der Waals surface area contributed by atoms with Crippen molar-refractivity contribution in [2.75, 3.05) is 38.6 Å². The number of hydrogen-bond acceptors (Lipinski definition) is 4. The molecule has 32 heavy (non-hydrogen) atoms. The first kappa shape index (κ1) is 23.9. The lowest BCUT2D eigenvalue weighted by Gasteiger charge is -2.35. The van der Waals surface area contributed by atoms with Crippen molar-refractivity contribution in [2.24, 2.45) is 11.8 Å². The number of carbonyl (C=O) groups is 2. The van der Waals surface area contributed by atoms with Crippen LogP contribution in [0.2, 0.25) is 0 Å². The van der Waals surface area contributed by atoms with Gasteiger partial charge in [0.25, 0.3) is 5.91 Å². The van der Waals surface area contributed by atoms with Crippen molar-refractivity contribution < 1.29 is 14.0 Å². The Morgan fingerprint density at radius 1 is 1.00 bits per heavy atom. The summed E-state index contributed by atoms with van der Waals surface area (Å²) in [6.07, 6.45) is 1.56. The average Bonchev–Trinajstić information content (AvgIpc) is 2.79. The van der Waals surface area contributed by atoms with Crippen LogP contribution in [0.15, 0.2) is 48.5 Å². The number of halogens is 1. The van der Waals surface area contributed by atoms with Gasteiger partial charge in [0.1, 0.15) is 5.82 Å². The fourth-order valence-corrected chi connectivity index (χ4v) is 4.09. The Morgan fingerprint density at radius 3 is 2.09 bits per heavy atom. The van der Waals surface area contributed by atoms with E-state index >= 15 is 0 Å². The van der Waals surface area contributed by atoms with E-state index in [1.165, 1.54) is 12.1 Å². The number of amides is 1. The normalized spacial score (nSPS) is 16.1. The topological polar surface area (TPSA) is 52.7 Å². The summed E-state index contributed by atoms with van der Waals surface area (Å²) in [4.78, 5) is 29.8. The molecule has 0 spiro atoms. The number of carbonyl (C=O) groups excluding carboxylic acids is 2. The van der Waals surface area contributed by atoms with Crippen LogP contribution in [0.25, 0.3) is 0 Å². The van der Waals surface area contributed by atoms with Gasteiger partial charge in [-0.25, -0.2) is 4.39 Å². The van der Waals surface area contributed by atoms with Gasteiger partial charge in [0.15, 0.2) is 5.78 Å². The smallest absolute Gasteiger partial charge is 0.251 e. The predicted octanol–water partition coefficient (Wildman–Crippen LogP) is 4.24. The largest absolute Gasteiger partial charge is 0.378 e. The molecule has 6 heteroatoms. The Labute approximate surface area is 190 Å². The maximum atomic E-state index is 13.1. The first-order valence-corrected chi connectivity index (χ1v) is 11.3. The number of ketones is 1. The zero-order valence-corrected chi connectivity index (χ0v) is 19.5. The van der Waals surface area contributed by atoms with Gasteiger partial charge in [0.2, 0.25) is 0 Å². The molecule has 0 aliphatic carbocycles. The van der Waals surface area contributed by atoms with Gasteiger partial charge in [0, 0.05) is 49.4 Å². The van der Waals surface area contributed by atoms with Crippen molar-refractivity contribution in [1.82, 2.24) is 10.2 Å². The Morgan fingerprint density at radius 2 is 1.56 bits per heavy atom. The minimum absolute atomic E-state index is 0.0281. The standard InChI is InChI=1S/C26H34FN3O2/c1-18(2)24(28-26(32)21-7-11-23(12-8-21)29(3)4)17-30-15-13-20(14-16-30)25(31)19-5-9-22(27)10-6-19/h5-12,18,20,24H,13-17H2,1-4H3,(H,28,32). The third-order valence-electron chi connectivity index (χ3n) is 6.31. The zero-order chi connectivity index (χ0) is 23.3. The lowest BCUT2D eigenvalue weighted by molar-refractivity contribution is 0.0811. The molecule has 2 aromatic rings. The zero-order valence-electron chi connectivity index (χ0n) is 19.5. The van der Waals surface area contributed by atoms with Crippen LogP contribution in [0.4, 0.5) is 10.1 Å². The van der Waals surface area contributed by atoms with Crippen molar-refractivity contribution in [2.45, 2.75) is 32.7 Å². The quantitative estimate of drug-likeness (QED) is 0.625. The first-order chi connectivity index (χ1) is 15.2. The van der Waals surface area contributed by atoms with E-state index in [-0.39, 0.29) is 29.5 Å². The summed E-state index contributed by atoms with van der Waals surface area (Å²) in [7, 11) is 3.94. The van der Waals surface area contributed by atoms with Gasteiger partial charge in [-0.05, 0) is 80.4 Å². The molecule has 1 atom stereocenters. The highest BCUT2D eigenvalue weighted by molar-refractivity contribution is 5.98. The van der Waals surface area contributed by atoms with Crippen LogP contribution in [0.1, 0.15) is 47.4 Å². The van der Waals surface area contributed by atoms with Gasteiger partial charge < -0.3 is 15.1 Å². The number of benzene rings is 2. The maximum Gasteiger partial charge on any atom is 0.251 e. The molecule has 1 unspecified atom stereocenters. The summed E-state index contributed by atoms with van der Waals surface area (Å²) in [6, 6.07) is 13.4. The lowest BCUT2D eigenvalue weighted by atomic mass is 9.88. The molecule has 1 aliphatic heterocycles.